The van der Waals surface area contributed by atoms with Crippen LogP contribution >= 0.6 is 0 Å². The molecule has 2 N–H and O–H groups in total. The molecule has 3 heterocycles. The largest absolute Gasteiger partial charge is 0.351 e. The third kappa shape index (κ3) is 2.29. The Hall–Kier alpha value is -1.89. The van der Waals surface area contributed by atoms with Crippen molar-refractivity contribution in [3.63, 3.8) is 0 Å². The van der Waals surface area contributed by atoms with Crippen molar-refractivity contribution < 1.29 is 9.72 Å². The van der Waals surface area contributed by atoms with Crippen LogP contribution in [0, 0.1) is 10.1 Å². The van der Waals surface area contributed by atoms with E-state index in [-0.39, 0.29) is 23.3 Å². The molecule has 0 aliphatic carbocycles. The van der Waals surface area contributed by atoms with Crippen LogP contribution in [0.3, 0.4) is 0 Å². The first-order chi connectivity index (χ1) is 9.54. The molecule has 2 aliphatic heterocycles. The van der Waals surface area contributed by atoms with Crippen LogP contribution in [0.2, 0.25) is 0 Å². The fraction of sp³-hybridized carbons (Fsp3) is 0.615. The van der Waals surface area contributed by atoms with Crippen LogP contribution in [-0.2, 0) is 0 Å². The molecule has 0 radical (unpaired) electrons. The molecular formula is C13H18N4O3. The average molecular weight is 278 g/mol. The molecule has 2 fully saturated rings. The topological polar surface area (TPSA) is 91.3 Å². The SMILES string of the molecule is CN(C(=O)c1cc([N+](=O)[O-])c[nH]1)C1CC2CCC(C1)N2. The highest BCUT2D eigenvalue weighted by Crippen LogP contribution is 2.29. The van der Waals surface area contributed by atoms with E-state index in [1.54, 1.807) is 11.9 Å². The summed E-state index contributed by atoms with van der Waals surface area (Å²) in [6.45, 7) is 0. The Morgan fingerprint density at radius 1 is 1.40 bits per heavy atom. The maximum atomic E-state index is 12.4. The number of fused-ring (bicyclic) bond motifs is 2. The van der Waals surface area contributed by atoms with Crippen LogP contribution in [0.15, 0.2) is 12.3 Å². The molecular weight excluding hydrogens is 260 g/mol. The van der Waals surface area contributed by atoms with Crippen molar-refractivity contribution in [3.8, 4) is 0 Å². The smallest absolute Gasteiger partial charge is 0.287 e. The van der Waals surface area contributed by atoms with Crippen LogP contribution in [0.25, 0.3) is 0 Å². The molecule has 3 rings (SSSR count). The average Bonchev–Trinajstić information content (AvgIpc) is 3.04. The quantitative estimate of drug-likeness (QED) is 0.643. The van der Waals surface area contributed by atoms with E-state index >= 15 is 0 Å². The molecule has 1 aromatic heterocycles. The zero-order valence-electron chi connectivity index (χ0n) is 11.3. The van der Waals surface area contributed by atoms with Crippen molar-refractivity contribution in [1.29, 1.82) is 0 Å². The van der Waals surface area contributed by atoms with Gasteiger partial charge in [-0.2, -0.15) is 0 Å². The summed E-state index contributed by atoms with van der Waals surface area (Å²) in [5.74, 6) is -0.176. The third-order valence-corrected chi connectivity index (χ3v) is 4.43. The molecule has 2 unspecified atom stereocenters. The number of carbonyl (C=O) groups excluding carboxylic acids is 1. The number of aromatic amines is 1. The highest BCUT2D eigenvalue weighted by molar-refractivity contribution is 5.93. The fourth-order valence-electron chi connectivity index (χ4n) is 3.31. The summed E-state index contributed by atoms with van der Waals surface area (Å²) in [4.78, 5) is 26.9. The number of nitrogens with zero attached hydrogens (tertiary/aromatic N) is 2. The van der Waals surface area contributed by atoms with Crippen molar-refractivity contribution in [3.05, 3.63) is 28.1 Å². The predicted octanol–water partition coefficient (Wildman–Crippen LogP) is 1.28. The maximum absolute atomic E-state index is 12.4. The summed E-state index contributed by atoms with van der Waals surface area (Å²) in [7, 11) is 1.78. The van der Waals surface area contributed by atoms with Crippen molar-refractivity contribution >= 4 is 11.6 Å². The first kappa shape index (κ1) is 13.1. The summed E-state index contributed by atoms with van der Waals surface area (Å²) >= 11 is 0. The van der Waals surface area contributed by atoms with Crippen molar-refractivity contribution in [2.75, 3.05) is 7.05 Å². The lowest BCUT2D eigenvalue weighted by molar-refractivity contribution is -0.384. The monoisotopic (exact) mass is 278 g/mol. The number of piperidine rings is 1. The van der Waals surface area contributed by atoms with Gasteiger partial charge in [0.2, 0.25) is 0 Å². The Labute approximate surface area is 116 Å². The lowest BCUT2D eigenvalue weighted by Gasteiger charge is -2.35. The molecule has 0 spiro atoms. The second-order valence-electron chi connectivity index (χ2n) is 5.71. The van der Waals surface area contributed by atoms with E-state index in [2.05, 4.69) is 10.3 Å². The maximum Gasteiger partial charge on any atom is 0.287 e. The van der Waals surface area contributed by atoms with Gasteiger partial charge < -0.3 is 15.2 Å². The molecule has 0 aromatic carbocycles. The molecule has 20 heavy (non-hydrogen) atoms. The number of hydrogen-bond acceptors (Lipinski definition) is 4. The molecule has 2 bridgehead atoms. The van der Waals surface area contributed by atoms with Gasteiger partial charge in [0.25, 0.3) is 11.6 Å². The number of nitrogens with one attached hydrogen (secondary N) is 2. The van der Waals surface area contributed by atoms with Crippen LogP contribution in [-0.4, -0.2) is 45.9 Å². The van der Waals surface area contributed by atoms with E-state index in [9.17, 15) is 14.9 Å². The van der Waals surface area contributed by atoms with Crippen LogP contribution < -0.4 is 5.32 Å². The number of amides is 1. The standard InChI is InChI=1S/C13H18N4O3/c1-16(10-4-8-2-3-9(5-10)15-8)13(18)12-6-11(7-14-12)17(19)20/h6-10,14-15H,2-5H2,1H3. The zero-order chi connectivity index (χ0) is 14.3. The number of hydrogen-bond donors (Lipinski definition) is 2. The predicted molar refractivity (Wildman–Crippen MR) is 72.5 cm³/mol. The van der Waals surface area contributed by atoms with Gasteiger partial charge in [-0.1, -0.05) is 0 Å². The summed E-state index contributed by atoms with van der Waals surface area (Å²) in [6.07, 6.45) is 5.53. The minimum Gasteiger partial charge on any atom is -0.351 e. The first-order valence-corrected chi connectivity index (χ1v) is 6.90. The summed E-state index contributed by atoms with van der Waals surface area (Å²) in [5.41, 5.74) is 0.206. The molecule has 2 saturated heterocycles. The van der Waals surface area contributed by atoms with Crippen molar-refractivity contribution in [2.45, 2.75) is 43.8 Å². The van der Waals surface area contributed by atoms with Crippen LogP contribution in [0.1, 0.15) is 36.2 Å². The van der Waals surface area contributed by atoms with E-state index in [1.807, 2.05) is 0 Å². The van der Waals surface area contributed by atoms with Gasteiger partial charge in [0, 0.05) is 31.2 Å². The number of rotatable bonds is 3. The van der Waals surface area contributed by atoms with E-state index in [4.69, 9.17) is 0 Å². The van der Waals surface area contributed by atoms with Gasteiger partial charge in [0.05, 0.1) is 11.1 Å². The lowest BCUT2D eigenvalue weighted by Crippen LogP contribution is -2.48. The Kier molecular flexibility index (Phi) is 3.21. The second-order valence-corrected chi connectivity index (χ2v) is 5.71. The summed E-state index contributed by atoms with van der Waals surface area (Å²) in [5, 5.41) is 14.2. The molecule has 0 saturated carbocycles. The van der Waals surface area contributed by atoms with Crippen molar-refractivity contribution in [1.82, 2.24) is 15.2 Å². The van der Waals surface area contributed by atoms with Crippen LogP contribution in [0.4, 0.5) is 5.69 Å². The van der Waals surface area contributed by atoms with Gasteiger partial charge in [-0.15, -0.1) is 0 Å². The Morgan fingerprint density at radius 2 is 2.05 bits per heavy atom. The lowest BCUT2D eigenvalue weighted by atomic mass is 9.98. The molecule has 2 aliphatic rings. The summed E-state index contributed by atoms with van der Waals surface area (Å²) < 4.78 is 0. The minimum absolute atomic E-state index is 0.0767. The number of aromatic nitrogens is 1. The number of H-pyrrole nitrogens is 1. The van der Waals surface area contributed by atoms with Gasteiger partial charge in [-0.05, 0) is 25.7 Å². The minimum atomic E-state index is -0.502. The summed E-state index contributed by atoms with van der Waals surface area (Å²) in [6, 6.07) is 2.52. The van der Waals surface area contributed by atoms with Gasteiger partial charge in [0.1, 0.15) is 5.69 Å². The molecule has 1 aromatic rings. The Balaban J connectivity index is 1.71. The van der Waals surface area contributed by atoms with E-state index < -0.39 is 4.92 Å². The molecule has 1 amide bonds. The van der Waals surface area contributed by atoms with E-state index in [1.165, 1.54) is 25.1 Å². The van der Waals surface area contributed by atoms with E-state index in [0.717, 1.165) is 12.8 Å². The molecule has 108 valence electrons. The Bertz CT molecular complexity index is 529. The van der Waals surface area contributed by atoms with Gasteiger partial charge in [-0.25, -0.2) is 0 Å². The van der Waals surface area contributed by atoms with Crippen molar-refractivity contribution in [2.24, 2.45) is 0 Å². The number of nitro groups is 1. The van der Waals surface area contributed by atoms with Gasteiger partial charge >= 0.3 is 0 Å². The highest BCUT2D eigenvalue weighted by Gasteiger charge is 2.36. The highest BCUT2D eigenvalue weighted by atomic mass is 16.6. The molecule has 7 nitrogen and oxygen atoms in total. The molecule has 7 heteroatoms. The zero-order valence-corrected chi connectivity index (χ0v) is 11.3. The third-order valence-electron chi connectivity index (χ3n) is 4.43. The normalized spacial score (nSPS) is 28.4. The van der Waals surface area contributed by atoms with Gasteiger partial charge in [-0.3, -0.25) is 14.9 Å². The van der Waals surface area contributed by atoms with Crippen LogP contribution in [0.5, 0.6) is 0 Å². The second kappa shape index (κ2) is 4.90. The first-order valence-electron chi connectivity index (χ1n) is 6.90. The molecule has 2 atom stereocenters. The number of carbonyl (C=O) groups is 1. The van der Waals surface area contributed by atoms with E-state index in [0.29, 0.717) is 12.1 Å². The Morgan fingerprint density at radius 3 is 2.60 bits per heavy atom. The fourth-order valence-corrected chi connectivity index (χ4v) is 3.31. The van der Waals surface area contributed by atoms with Gasteiger partial charge in [0.15, 0.2) is 0 Å².